The van der Waals surface area contributed by atoms with Gasteiger partial charge in [0.2, 0.25) is 17.8 Å². The number of carboxylic acids is 1. The smallest absolute Gasteiger partial charge is 0.335 e. The van der Waals surface area contributed by atoms with Gasteiger partial charge in [-0.3, -0.25) is 0 Å². The van der Waals surface area contributed by atoms with Crippen LogP contribution in [0.25, 0.3) is 0 Å². The standard InChI is InChI=1S/C32H30N6O5/c1-41-25-12-6-21(7-13-25)19-33-30-36-31(34-20-22-8-14-26(42-2)15-9-22)38-32(37-30)35-24-4-3-5-28(18-24)43-27-16-10-23(11-17-27)29(39)40/h3-18H,19-20H2,1-2H3,(H,39,40)(H3,33,34,35,36,37,38). The van der Waals surface area contributed by atoms with Crippen LogP contribution in [-0.2, 0) is 13.1 Å². The molecule has 0 atom stereocenters. The van der Waals surface area contributed by atoms with E-state index in [1.807, 2.05) is 60.7 Å². The topological polar surface area (TPSA) is 140 Å². The molecule has 0 aliphatic heterocycles. The maximum Gasteiger partial charge on any atom is 0.335 e. The van der Waals surface area contributed by atoms with E-state index in [1.54, 1.807) is 38.5 Å². The Morgan fingerprint density at radius 3 is 1.67 bits per heavy atom. The lowest BCUT2D eigenvalue weighted by Crippen LogP contribution is -2.11. The summed E-state index contributed by atoms with van der Waals surface area (Å²) in [5, 5.41) is 18.9. The third-order valence-electron chi connectivity index (χ3n) is 6.28. The van der Waals surface area contributed by atoms with E-state index in [1.165, 1.54) is 12.1 Å². The van der Waals surface area contributed by atoms with E-state index in [9.17, 15) is 4.79 Å². The van der Waals surface area contributed by atoms with Crippen LogP contribution in [0.2, 0.25) is 0 Å². The summed E-state index contributed by atoms with van der Waals surface area (Å²) in [5.41, 5.74) is 2.94. The van der Waals surface area contributed by atoms with Crippen molar-refractivity contribution in [2.24, 2.45) is 0 Å². The lowest BCUT2D eigenvalue weighted by atomic mass is 10.2. The Bertz CT molecular complexity index is 1590. The highest BCUT2D eigenvalue weighted by molar-refractivity contribution is 5.87. The molecule has 11 nitrogen and oxygen atoms in total. The van der Waals surface area contributed by atoms with Crippen LogP contribution in [0, 0.1) is 0 Å². The Hall–Kier alpha value is -5.84. The van der Waals surface area contributed by atoms with Crippen LogP contribution >= 0.6 is 0 Å². The third kappa shape index (κ3) is 8.10. The summed E-state index contributed by atoms with van der Waals surface area (Å²) < 4.78 is 16.4. The summed E-state index contributed by atoms with van der Waals surface area (Å²) in [4.78, 5) is 24.8. The molecule has 0 aliphatic carbocycles. The Morgan fingerprint density at radius 2 is 1.16 bits per heavy atom. The van der Waals surface area contributed by atoms with Crippen molar-refractivity contribution in [1.82, 2.24) is 15.0 Å². The van der Waals surface area contributed by atoms with E-state index in [0.29, 0.717) is 48.1 Å². The van der Waals surface area contributed by atoms with Gasteiger partial charge in [-0.15, -0.1) is 0 Å². The molecule has 0 saturated heterocycles. The molecule has 1 aromatic heterocycles. The molecule has 0 radical (unpaired) electrons. The number of aromatic carboxylic acids is 1. The zero-order chi connectivity index (χ0) is 30.0. The molecule has 218 valence electrons. The van der Waals surface area contributed by atoms with Gasteiger partial charge < -0.3 is 35.3 Å². The molecule has 11 heteroatoms. The molecule has 5 rings (SSSR count). The molecule has 0 bridgehead atoms. The molecule has 0 unspecified atom stereocenters. The van der Waals surface area contributed by atoms with Gasteiger partial charge in [-0.2, -0.15) is 15.0 Å². The molecule has 5 aromatic rings. The van der Waals surface area contributed by atoms with Gasteiger partial charge in [0.1, 0.15) is 23.0 Å². The number of ether oxygens (including phenoxy) is 3. The highest BCUT2D eigenvalue weighted by Gasteiger charge is 2.10. The molecule has 0 aliphatic rings. The number of aromatic nitrogens is 3. The highest BCUT2D eigenvalue weighted by Crippen LogP contribution is 2.26. The molecule has 4 aromatic carbocycles. The maximum absolute atomic E-state index is 11.1. The molecular formula is C32H30N6O5. The second kappa shape index (κ2) is 13.7. The van der Waals surface area contributed by atoms with E-state index in [4.69, 9.17) is 19.3 Å². The van der Waals surface area contributed by atoms with Gasteiger partial charge in [0.05, 0.1) is 19.8 Å². The van der Waals surface area contributed by atoms with Gasteiger partial charge >= 0.3 is 5.97 Å². The number of nitrogens with zero attached hydrogens (tertiary/aromatic N) is 3. The molecule has 43 heavy (non-hydrogen) atoms. The summed E-state index contributed by atoms with van der Waals surface area (Å²) in [6.07, 6.45) is 0. The minimum absolute atomic E-state index is 0.186. The van der Waals surface area contributed by atoms with Crippen LogP contribution in [0.1, 0.15) is 21.5 Å². The number of carboxylic acid groups (broad SMARTS) is 1. The van der Waals surface area contributed by atoms with Gasteiger partial charge in [0.15, 0.2) is 0 Å². The van der Waals surface area contributed by atoms with Crippen molar-refractivity contribution in [3.8, 4) is 23.0 Å². The Balaban J connectivity index is 1.33. The Kier molecular flexibility index (Phi) is 9.13. The first kappa shape index (κ1) is 28.7. The van der Waals surface area contributed by atoms with Crippen LogP contribution in [0.5, 0.6) is 23.0 Å². The normalized spacial score (nSPS) is 10.5. The first-order chi connectivity index (χ1) is 21.0. The molecule has 0 amide bonds. The van der Waals surface area contributed by atoms with E-state index >= 15 is 0 Å². The monoisotopic (exact) mass is 578 g/mol. The fourth-order valence-corrected chi connectivity index (χ4v) is 4.01. The number of anilines is 4. The fraction of sp³-hybridized carbons (Fsp3) is 0.125. The quantitative estimate of drug-likeness (QED) is 0.124. The highest BCUT2D eigenvalue weighted by atomic mass is 16.5. The molecule has 0 spiro atoms. The fourth-order valence-electron chi connectivity index (χ4n) is 4.01. The molecule has 4 N–H and O–H groups in total. The first-order valence-corrected chi connectivity index (χ1v) is 13.4. The first-order valence-electron chi connectivity index (χ1n) is 13.4. The van der Waals surface area contributed by atoms with Crippen molar-refractivity contribution in [3.05, 3.63) is 114 Å². The summed E-state index contributed by atoms with van der Waals surface area (Å²) in [7, 11) is 3.26. The van der Waals surface area contributed by atoms with Crippen molar-refractivity contribution in [2.45, 2.75) is 13.1 Å². The minimum atomic E-state index is -0.995. The number of hydrogen-bond acceptors (Lipinski definition) is 10. The lowest BCUT2D eigenvalue weighted by molar-refractivity contribution is 0.0697. The van der Waals surface area contributed by atoms with Crippen molar-refractivity contribution >= 4 is 29.5 Å². The average Bonchev–Trinajstić information content (AvgIpc) is 3.03. The van der Waals surface area contributed by atoms with Crippen molar-refractivity contribution in [1.29, 1.82) is 0 Å². The minimum Gasteiger partial charge on any atom is -0.497 e. The second-order valence-corrected chi connectivity index (χ2v) is 9.29. The van der Waals surface area contributed by atoms with Gasteiger partial charge in [-0.05, 0) is 71.8 Å². The van der Waals surface area contributed by atoms with Crippen molar-refractivity contribution in [3.63, 3.8) is 0 Å². The lowest BCUT2D eigenvalue weighted by Gasteiger charge is -2.13. The van der Waals surface area contributed by atoms with Gasteiger partial charge in [0, 0.05) is 24.8 Å². The predicted octanol–water partition coefficient (Wildman–Crippen LogP) is 6.35. The number of carbonyl (C=O) groups is 1. The molecule has 0 fully saturated rings. The summed E-state index contributed by atoms with van der Waals surface area (Å²) in [6.45, 7) is 0.991. The Morgan fingerprint density at radius 1 is 0.651 bits per heavy atom. The molecule has 0 saturated carbocycles. The predicted molar refractivity (Wildman–Crippen MR) is 164 cm³/mol. The van der Waals surface area contributed by atoms with Crippen molar-refractivity contribution in [2.75, 3.05) is 30.2 Å². The number of hydrogen-bond donors (Lipinski definition) is 4. The van der Waals surface area contributed by atoms with Crippen LogP contribution in [0.15, 0.2) is 97.1 Å². The average molecular weight is 579 g/mol. The van der Waals surface area contributed by atoms with E-state index in [-0.39, 0.29) is 5.56 Å². The molecule has 1 heterocycles. The largest absolute Gasteiger partial charge is 0.497 e. The SMILES string of the molecule is COc1ccc(CNc2nc(NCc3ccc(OC)cc3)nc(Nc3cccc(Oc4ccc(C(=O)O)cc4)c3)n2)cc1. The van der Waals surface area contributed by atoms with Crippen LogP contribution in [0.4, 0.5) is 23.5 Å². The second-order valence-electron chi connectivity index (χ2n) is 9.29. The summed E-state index contributed by atoms with van der Waals surface area (Å²) >= 11 is 0. The van der Waals surface area contributed by atoms with Gasteiger partial charge in [0.25, 0.3) is 0 Å². The van der Waals surface area contributed by atoms with Crippen molar-refractivity contribution < 1.29 is 24.1 Å². The maximum atomic E-state index is 11.1. The zero-order valence-corrected chi connectivity index (χ0v) is 23.6. The van der Waals surface area contributed by atoms with E-state index in [2.05, 4.69) is 30.9 Å². The number of rotatable bonds is 13. The number of nitrogens with one attached hydrogen (secondary N) is 3. The Labute approximate surface area is 248 Å². The van der Waals surface area contributed by atoms with Gasteiger partial charge in [-0.1, -0.05) is 30.3 Å². The summed E-state index contributed by atoms with van der Waals surface area (Å²) in [5.74, 6) is 2.73. The number of benzene rings is 4. The van der Waals surface area contributed by atoms with E-state index < -0.39 is 5.97 Å². The molecular weight excluding hydrogens is 548 g/mol. The third-order valence-corrected chi connectivity index (χ3v) is 6.28. The van der Waals surface area contributed by atoms with Gasteiger partial charge in [-0.25, -0.2) is 4.79 Å². The summed E-state index contributed by atoms with van der Waals surface area (Å²) in [6, 6.07) is 28.9. The van der Waals surface area contributed by atoms with Crippen LogP contribution in [0.3, 0.4) is 0 Å². The van der Waals surface area contributed by atoms with Crippen LogP contribution < -0.4 is 30.2 Å². The van der Waals surface area contributed by atoms with E-state index in [0.717, 1.165) is 22.6 Å². The number of methoxy groups -OCH3 is 2. The zero-order valence-electron chi connectivity index (χ0n) is 23.6. The van der Waals surface area contributed by atoms with Crippen LogP contribution in [-0.4, -0.2) is 40.2 Å².